The van der Waals surface area contributed by atoms with E-state index in [1.807, 2.05) is 0 Å². The summed E-state index contributed by atoms with van der Waals surface area (Å²) in [6.45, 7) is -2.18. The maximum Gasteiger partial charge on any atom is 0.522 e. The van der Waals surface area contributed by atoms with E-state index in [4.69, 9.17) is 39.0 Å². The molecule has 3 fully saturated rings. The zero-order chi connectivity index (χ0) is 35.0. The fourth-order valence-electron chi connectivity index (χ4n) is 5.72. The second-order valence-electron chi connectivity index (χ2n) is 10.8. The lowest BCUT2D eigenvalue weighted by molar-refractivity contribution is -0.352. The van der Waals surface area contributed by atoms with Crippen molar-refractivity contribution < 1.29 is 69.5 Å². The molecule has 3 aliphatic heterocycles. The van der Waals surface area contributed by atoms with Crippen molar-refractivity contribution >= 4 is 49.6 Å². The van der Waals surface area contributed by atoms with Crippen LogP contribution in [0.25, 0.3) is 22.2 Å². The fourth-order valence-corrected chi connectivity index (χ4v) is 7.61. The monoisotopic (exact) mass is 741 g/mol. The molecule has 49 heavy (non-hydrogen) atoms. The molecule has 0 aromatic carbocycles. The number of aliphatic hydroxyl groups excluding tert-OH is 1. The highest BCUT2D eigenvalue weighted by Crippen LogP contribution is 2.54. The summed E-state index contributed by atoms with van der Waals surface area (Å²) in [7, 11) is -10.8. The summed E-state index contributed by atoms with van der Waals surface area (Å²) in [6.07, 6.45) is -17.1. The Labute approximate surface area is 268 Å². The van der Waals surface area contributed by atoms with Gasteiger partial charge in [0.15, 0.2) is 23.6 Å². The van der Waals surface area contributed by atoms with E-state index in [2.05, 4.69) is 29.7 Å². The molecular formula is C22H24F3N9O13P2. The average molecular weight is 741 g/mol. The number of alkyl halides is 3. The SMILES string of the molecule is Nc1nc2c(ncn2[C@@H]2OC3COP(=O)(O)OC4C(O)[C@H](n5ccc6c(N)ncnc65)O[C@@H]4COP(=O)(O)OC2C3OC(F)(F)F)c(=O)[nH]1. The molecule has 27 heteroatoms. The molecule has 3 aliphatic rings. The van der Waals surface area contributed by atoms with Crippen LogP contribution in [-0.2, 0) is 41.4 Å². The Bertz CT molecular complexity index is 2060. The number of aromatic nitrogens is 7. The molecule has 7 unspecified atom stereocenters. The van der Waals surface area contributed by atoms with Crippen molar-refractivity contribution in [1.82, 2.24) is 34.1 Å². The minimum absolute atomic E-state index is 0.0858. The molecule has 7 rings (SSSR count). The Morgan fingerprint density at radius 3 is 2.35 bits per heavy atom. The van der Waals surface area contributed by atoms with Crippen molar-refractivity contribution in [3.8, 4) is 0 Å². The molecule has 2 bridgehead atoms. The highest BCUT2D eigenvalue weighted by atomic mass is 31.2. The Hall–Kier alpha value is -3.58. The molecule has 10 atom stereocenters. The first-order valence-electron chi connectivity index (χ1n) is 13.8. The van der Waals surface area contributed by atoms with E-state index < -0.39 is 95.8 Å². The summed E-state index contributed by atoms with van der Waals surface area (Å²) in [4.78, 5) is 51.6. The van der Waals surface area contributed by atoms with Gasteiger partial charge in [-0.2, -0.15) is 4.98 Å². The summed E-state index contributed by atoms with van der Waals surface area (Å²) >= 11 is 0. The van der Waals surface area contributed by atoms with Crippen LogP contribution in [0.1, 0.15) is 12.5 Å². The predicted octanol–water partition coefficient (Wildman–Crippen LogP) is -0.192. The van der Waals surface area contributed by atoms with Crippen LogP contribution < -0.4 is 17.0 Å². The van der Waals surface area contributed by atoms with Gasteiger partial charge < -0.3 is 40.4 Å². The smallest absolute Gasteiger partial charge is 0.386 e. The summed E-state index contributed by atoms with van der Waals surface area (Å²) in [6, 6.07) is 1.50. The molecule has 266 valence electrons. The topological polar surface area (TPSA) is 306 Å². The van der Waals surface area contributed by atoms with Gasteiger partial charge in [0, 0.05) is 6.20 Å². The van der Waals surface area contributed by atoms with Gasteiger partial charge in [-0.25, -0.2) is 24.1 Å². The van der Waals surface area contributed by atoms with Crippen LogP contribution in [-0.4, -0.2) is 105 Å². The lowest BCUT2D eigenvalue weighted by Gasteiger charge is -2.27. The van der Waals surface area contributed by atoms with Crippen LogP contribution in [0.15, 0.2) is 29.7 Å². The molecule has 0 amide bonds. The molecule has 0 aliphatic carbocycles. The summed E-state index contributed by atoms with van der Waals surface area (Å²) in [5.41, 5.74) is 10.1. The van der Waals surface area contributed by atoms with Crippen molar-refractivity contribution in [1.29, 1.82) is 0 Å². The highest BCUT2D eigenvalue weighted by molar-refractivity contribution is 7.47. The van der Waals surface area contributed by atoms with Gasteiger partial charge in [0.1, 0.15) is 54.4 Å². The molecular weight excluding hydrogens is 717 g/mol. The van der Waals surface area contributed by atoms with E-state index in [0.29, 0.717) is 5.39 Å². The molecule has 8 N–H and O–H groups in total. The number of nitrogens with zero attached hydrogens (tertiary/aromatic N) is 6. The third-order valence-electron chi connectivity index (χ3n) is 7.72. The number of nitrogens with two attached hydrogens (primary N) is 2. The van der Waals surface area contributed by atoms with Crippen LogP contribution in [0.5, 0.6) is 0 Å². The minimum atomic E-state index is -5.45. The number of nitrogen functional groups attached to an aromatic ring is 2. The number of phosphoric ester groups is 2. The number of rotatable bonds is 3. The Balaban J connectivity index is 1.25. The molecule has 0 radical (unpaired) electrons. The first kappa shape index (κ1) is 33.9. The van der Waals surface area contributed by atoms with Crippen LogP contribution in [0.3, 0.4) is 0 Å². The number of hydrogen-bond acceptors (Lipinski definition) is 17. The number of imidazole rings is 1. The van der Waals surface area contributed by atoms with Crippen molar-refractivity contribution in [3.63, 3.8) is 0 Å². The van der Waals surface area contributed by atoms with Gasteiger partial charge in [-0.15, -0.1) is 13.2 Å². The van der Waals surface area contributed by atoms with E-state index in [1.54, 1.807) is 0 Å². The largest absolute Gasteiger partial charge is 0.522 e. The van der Waals surface area contributed by atoms with Gasteiger partial charge in [-0.3, -0.25) is 37.2 Å². The van der Waals surface area contributed by atoms with E-state index in [-0.39, 0.29) is 22.6 Å². The first-order chi connectivity index (χ1) is 23.0. The number of aliphatic hydroxyl groups is 1. The normalized spacial score (nSPS) is 36.0. The Morgan fingerprint density at radius 2 is 1.63 bits per heavy atom. The number of anilines is 2. The number of aromatic amines is 1. The van der Waals surface area contributed by atoms with Crippen LogP contribution in [0, 0.1) is 0 Å². The van der Waals surface area contributed by atoms with Crippen LogP contribution in [0.2, 0.25) is 0 Å². The van der Waals surface area contributed by atoms with Gasteiger partial charge in [-0.1, -0.05) is 0 Å². The number of hydrogen-bond donors (Lipinski definition) is 6. The van der Waals surface area contributed by atoms with Gasteiger partial charge in [-0.05, 0) is 6.07 Å². The first-order valence-corrected chi connectivity index (χ1v) is 16.8. The van der Waals surface area contributed by atoms with Gasteiger partial charge in [0.25, 0.3) is 5.56 Å². The third kappa shape index (κ3) is 6.44. The van der Waals surface area contributed by atoms with E-state index in [9.17, 15) is 42.0 Å². The second kappa shape index (κ2) is 12.0. The van der Waals surface area contributed by atoms with E-state index in [0.717, 1.165) is 17.2 Å². The molecule has 4 aromatic rings. The lowest BCUT2D eigenvalue weighted by Crippen LogP contribution is -2.41. The molecule has 3 saturated heterocycles. The Morgan fingerprint density at radius 1 is 0.959 bits per heavy atom. The highest BCUT2D eigenvalue weighted by Gasteiger charge is 2.57. The number of fused-ring (bicyclic) bond motifs is 5. The second-order valence-corrected chi connectivity index (χ2v) is 13.6. The standard InChI is InChI=1S/C22H24F3N9O13P2/c23-22(24,25)45-13-9-4-42-48(37,38)46-12-8(43-19(11(12)35)33-2-1-7-15(26)28-5-29-16(7)33)3-41-49(39,40)47-14(13)20(44-9)34-6-30-10-17(34)31-21(27)32-18(10)36/h1-2,5-6,8-9,11-14,19-20,35H,3-4H2,(H,37,38)(H,39,40)(H2,26,28,29)(H3,27,31,32,36)/t8-,9?,11?,12?,13?,14?,19-,20-/m1/s1. The fraction of sp³-hybridized carbons (Fsp3) is 0.500. The van der Waals surface area contributed by atoms with Crippen molar-refractivity contribution in [2.75, 3.05) is 24.7 Å². The maximum absolute atomic E-state index is 13.7. The van der Waals surface area contributed by atoms with Crippen molar-refractivity contribution in [3.05, 3.63) is 35.3 Å². The molecule has 7 heterocycles. The molecule has 0 spiro atoms. The van der Waals surface area contributed by atoms with Gasteiger partial charge in [0.2, 0.25) is 5.95 Å². The Kier molecular flexibility index (Phi) is 8.32. The maximum atomic E-state index is 13.7. The number of ether oxygens (including phenoxy) is 3. The summed E-state index contributed by atoms with van der Waals surface area (Å²) in [5.74, 6) is -0.340. The predicted molar refractivity (Wildman–Crippen MR) is 151 cm³/mol. The zero-order valence-electron chi connectivity index (χ0n) is 24.1. The minimum Gasteiger partial charge on any atom is -0.386 e. The lowest BCUT2D eigenvalue weighted by atomic mass is 10.1. The quantitative estimate of drug-likeness (QED) is 0.148. The van der Waals surface area contributed by atoms with E-state index >= 15 is 0 Å². The van der Waals surface area contributed by atoms with Gasteiger partial charge in [0.05, 0.1) is 24.9 Å². The molecule has 22 nitrogen and oxygen atoms in total. The summed E-state index contributed by atoms with van der Waals surface area (Å²) in [5, 5.41) is 11.5. The van der Waals surface area contributed by atoms with Crippen molar-refractivity contribution in [2.45, 2.75) is 55.4 Å². The number of halogens is 3. The number of nitrogens with one attached hydrogen (secondary N) is 1. The van der Waals surface area contributed by atoms with E-state index in [1.165, 1.54) is 16.8 Å². The van der Waals surface area contributed by atoms with Crippen molar-refractivity contribution in [2.24, 2.45) is 0 Å². The average Bonchev–Trinajstić information content (AvgIpc) is 3.76. The zero-order valence-corrected chi connectivity index (χ0v) is 25.9. The van der Waals surface area contributed by atoms with Crippen LogP contribution >= 0.6 is 15.6 Å². The van der Waals surface area contributed by atoms with Crippen LogP contribution in [0.4, 0.5) is 24.9 Å². The number of phosphoric acid groups is 2. The third-order valence-corrected chi connectivity index (χ3v) is 9.69. The van der Waals surface area contributed by atoms with Gasteiger partial charge >= 0.3 is 22.0 Å². The summed E-state index contributed by atoms with van der Waals surface area (Å²) < 4.78 is 106. The molecule has 0 saturated carbocycles. The molecule has 4 aromatic heterocycles. The number of H-pyrrole nitrogens is 1.